The zero-order chi connectivity index (χ0) is 71.5. The molecular weight excluding hydrogens is 1450 g/mol. The third-order valence-corrected chi connectivity index (χ3v) is 21.6. The average molecular weight is 1500 g/mol. The Morgan fingerprint density at radius 2 is 0.949 bits per heavy atom. The number of aliphatic hydroxyl groups is 5. The lowest BCUT2D eigenvalue weighted by Crippen LogP contribution is -2.38. The largest absolute Gasteiger partial charge is 0.756 e. The normalized spacial score (nSPS) is 30.5. The molecule has 11 unspecified atom stereocenters. The van der Waals surface area contributed by atoms with E-state index in [9.17, 15) is 87.2 Å². The maximum atomic E-state index is 14.3. The molecule has 0 bridgehead atoms. The summed E-state index contributed by atoms with van der Waals surface area (Å²) in [5.41, 5.74) is 19.6. The molecule has 12 rings (SSSR count). The molecule has 4 aliphatic heterocycles. The molecule has 0 saturated carbocycles. The molecule has 0 aromatic carbocycles. The molecule has 12 heterocycles. The number of imidazole rings is 4. The zero-order valence-corrected chi connectivity index (χ0v) is 54.7. The third kappa shape index (κ3) is 14.4. The number of ether oxygens (including phenoxy) is 5. The lowest BCUT2D eigenvalue weighted by molar-refractivity contribution is -0.646. The van der Waals surface area contributed by atoms with Crippen LogP contribution in [0.5, 0.6) is 0 Å². The molecule has 4 aliphatic rings. The summed E-state index contributed by atoms with van der Waals surface area (Å²) in [5, 5.41) is 55.5. The first-order valence-electron chi connectivity index (χ1n) is 28.1. The Bertz CT molecular complexity index is 4880. The molecule has 4 saturated heterocycles. The van der Waals surface area contributed by atoms with Gasteiger partial charge in [-0.05, 0) is 6.92 Å². The monoisotopic (exact) mass is 1500 g/mol. The number of anilines is 4. The van der Waals surface area contributed by atoms with Gasteiger partial charge in [-0.2, -0.15) is 24.5 Å². The van der Waals surface area contributed by atoms with Gasteiger partial charge in [-0.25, -0.2) is 51.4 Å². The highest BCUT2D eigenvalue weighted by Crippen LogP contribution is 2.66. The van der Waals surface area contributed by atoms with Gasteiger partial charge in [0.25, 0.3) is 30.1 Å². The van der Waals surface area contributed by atoms with Crippen molar-refractivity contribution in [3.63, 3.8) is 0 Å². The van der Waals surface area contributed by atoms with Crippen molar-refractivity contribution < 1.29 is 137 Å². The predicted octanol–water partition coefficient (Wildman–Crippen LogP) is -6.56. The van der Waals surface area contributed by atoms with Gasteiger partial charge in [0.15, 0.2) is 52.5 Å². The average Bonchev–Trinajstić information content (AvgIpc) is 1.63. The number of phosphoric ester groups is 4. The smallest absolute Gasteiger partial charge is 0.478 e. The second kappa shape index (κ2) is 26.8. The summed E-state index contributed by atoms with van der Waals surface area (Å²) < 4.78 is 141. The zero-order valence-electron chi connectivity index (χ0n) is 50.2. The van der Waals surface area contributed by atoms with E-state index in [1.807, 2.05) is 0 Å². The molecule has 0 radical (unpaired) electrons. The van der Waals surface area contributed by atoms with E-state index in [4.69, 9.17) is 69.2 Å². The quantitative estimate of drug-likeness (QED) is 0.0187. The molecule has 99 heavy (non-hydrogen) atoms. The number of hydrogen-bond acceptors (Lipinski definition) is 39. The topological polar surface area (TPSA) is 740 Å². The highest BCUT2D eigenvalue weighted by molar-refractivity contribution is 7.66. The van der Waals surface area contributed by atoms with E-state index in [-0.39, 0.29) is 62.2 Å². The van der Waals surface area contributed by atoms with Crippen LogP contribution in [0.4, 0.5) is 23.7 Å². The standard InChI is InChI=1S/C43H57N20O31P5/c1-12-51-31-18(34(69)52-12)49-9-61(31)37-23(66)21(64)13(87-37)4-83-95(72,73)91-26-15(89-39(25(26)68)60-8-48-17-29(44)53-41(45)54-30(17)60)6-84-96(74,75)92-27-16(90-40(28(27)82-3)62-10-50-19-32(62)55-42(46)57-35(19)70)7-86-98(78,79)94-99(80,81)93-97(76,77)85-5-14-22(65)24(67)38(88-14)63-11-59(2)20-33(63)56-43(47)58-36(20)71/h8-11,13-16,21-28,37-40,64-68H,4-7H2,1-3H3,(H15-,44,45,46,47,51,52,53,54,55,56,57,58,69,70,71,72,73,74,75,76,77,78,79,80,81)/t13-,14?,15-,16-,21?,22?,23+,24?,25+,26?,27?,28+,37-,38-,39-,40-/m1/s1. The van der Waals surface area contributed by atoms with Crippen LogP contribution in [0.1, 0.15) is 30.7 Å². The third-order valence-electron chi connectivity index (χ3n) is 15.4. The lowest BCUT2D eigenvalue weighted by atomic mass is 10.1. The van der Waals surface area contributed by atoms with Gasteiger partial charge in [-0.15, -0.1) is 0 Å². The van der Waals surface area contributed by atoms with Gasteiger partial charge >= 0.3 is 36.9 Å². The number of nitrogens with one attached hydrogen (secondary N) is 3. The Morgan fingerprint density at radius 1 is 0.525 bits per heavy atom. The number of aromatic nitrogens is 16. The van der Waals surface area contributed by atoms with Crippen LogP contribution in [0, 0.1) is 6.92 Å². The van der Waals surface area contributed by atoms with Crippen molar-refractivity contribution in [1.29, 1.82) is 0 Å². The molecule has 0 aliphatic carbocycles. The Kier molecular flexibility index (Phi) is 19.4. The van der Waals surface area contributed by atoms with Crippen molar-refractivity contribution in [2.24, 2.45) is 7.05 Å². The van der Waals surface area contributed by atoms with E-state index >= 15 is 0 Å². The maximum Gasteiger partial charge on any atom is 0.478 e. The number of nitrogens with two attached hydrogens (primary N) is 4. The van der Waals surface area contributed by atoms with Crippen LogP contribution in [-0.4, -0.2) is 225 Å². The van der Waals surface area contributed by atoms with Crippen molar-refractivity contribution in [3.05, 3.63) is 62.2 Å². The molecule has 21 atom stereocenters. The molecule has 8 aromatic heterocycles. The van der Waals surface area contributed by atoms with Crippen LogP contribution in [0.15, 0.2) is 39.7 Å². The second-order valence-electron chi connectivity index (χ2n) is 22.0. The summed E-state index contributed by atoms with van der Waals surface area (Å²) in [6.07, 6.45) is -25.6. The number of phosphoric acid groups is 5. The molecule has 51 nitrogen and oxygen atoms in total. The first-order valence-corrected chi connectivity index (χ1v) is 35.6. The first-order chi connectivity index (χ1) is 46.4. The number of hydrogen-bond donors (Lipinski definition) is 16. The van der Waals surface area contributed by atoms with Crippen LogP contribution in [0.3, 0.4) is 0 Å². The Labute approximate surface area is 546 Å². The van der Waals surface area contributed by atoms with Gasteiger partial charge in [-0.1, -0.05) is 0 Å². The van der Waals surface area contributed by atoms with Crippen LogP contribution in [0.25, 0.3) is 44.7 Å². The SMILES string of the molecule is CO[C@H]1C(OP(=O)(O)OC[C@H]2O[C@@H](n3cnc4c(N)nc(N)nc43)[C@@H](O)C2OP(=O)(O)OC[C@H]2O[C@@H](n3cnc4c(=O)[nH]c(C)nc43)[C@@H](O)C2O)[C@@H](COP(=O)(O)OP(=O)([O-])OP(=O)(O)OCC2O[C@@H](n3c[n+](C)c4c(=O)[nH]c(N)nc43)C(O)C2O)O[C@H]1n1cnc2c(=O)[nH]c(N)nc21. The summed E-state index contributed by atoms with van der Waals surface area (Å²) in [6, 6.07) is 0. The number of H-pyrrole nitrogens is 3. The van der Waals surface area contributed by atoms with E-state index in [2.05, 4.69) is 68.0 Å². The summed E-state index contributed by atoms with van der Waals surface area (Å²) in [6.45, 7) is -3.59. The van der Waals surface area contributed by atoms with E-state index in [0.717, 1.165) is 44.4 Å². The summed E-state index contributed by atoms with van der Waals surface area (Å²) in [4.78, 5) is 134. The summed E-state index contributed by atoms with van der Waals surface area (Å²) in [7, 11) is -27.9. The highest BCUT2D eigenvalue weighted by Gasteiger charge is 2.55. The molecular formula is C43H57N20O31P5. The lowest BCUT2D eigenvalue weighted by Gasteiger charge is -2.28. The molecule has 56 heteroatoms. The molecule has 4 fully saturated rings. The first kappa shape index (κ1) is 71.8. The Balaban J connectivity index is 0.746. The fraction of sp³-hybridized carbons (Fsp3) is 0.535. The van der Waals surface area contributed by atoms with Crippen molar-refractivity contribution in [1.82, 2.24) is 73.1 Å². The number of aryl methyl sites for hydroxylation is 2. The van der Waals surface area contributed by atoms with Gasteiger partial charge in [0.05, 0.1) is 52.5 Å². The van der Waals surface area contributed by atoms with E-state index in [1.165, 1.54) is 24.9 Å². The van der Waals surface area contributed by atoms with E-state index in [1.54, 1.807) is 0 Å². The molecule has 0 spiro atoms. The Hall–Kier alpha value is -6.97. The number of nitrogen functional groups attached to an aromatic ring is 4. The van der Waals surface area contributed by atoms with Crippen LogP contribution in [-0.2, 0) is 89.3 Å². The van der Waals surface area contributed by atoms with Crippen molar-refractivity contribution in [2.75, 3.05) is 56.5 Å². The molecule has 0 amide bonds. The van der Waals surface area contributed by atoms with E-state index in [0.29, 0.717) is 0 Å². The van der Waals surface area contributed by atoms with Crippen molar-refractivity contribution in [2.45, 2.75) is 105 Å². The Morgan fingerprint density at radius 3 is 1.52 bits per heavy atom. The van der Waals surface area contributed by atoms with E-state index < -0.39 is 192 Å². The number of methoxy groups -OCH3 is 1. The van der Waals surface area contributed by atoms with Crippen LogP contribution >= 0.6 is 39.1 Å². The molecule has 8 aromatic rings. The number of rotatable bonds is 25. The number of nitrogens with zero attached hydrogens (tertiary/aromatic N) is 13. The number of fused-ring (bicyclic) bond motifs is 4. The second-order valence-corrected chi connectivity index (χ2v) is 29.4. The van der Waals surface area contributed by atoms with Crippen LogP contribution in [0.2, 0.25) is 0 Å². The minimum Gasteiger partial charge on any atom is -0.756 e. The molecule has 20 N–H and O–H groups in total. The van der Waals surface area contributed by atoms with Gasteiger partial charge in [0.2, 0.25) is 30.4 Å². The summed E-state index contributed by atoms with van der Waals surface area (Å²) in [5.74, 6) is -1.34. The maximum absolute atomic E-state index is 14.3. The van der Waals surface area contributed by atoms with Gasteiger partial charge < -0.3 is 102 Å². The minimum absolute atomic E-state index is 0.0660. The van der Waals surface area contributed by atoms with Crippen molar-refractivity contribution in [3.8, 4) is 0 Å². The van der Waals surface area contributed by atoms with Gasteiger partial charge in [0.1, 0.15) is 84.6 Å². The molecule has 540 valence electrons. The van der Waals surface area contributed by atoms with Crippen LogP contribution < -0.4 is 49.1 Å². The predicted molar refractivity (Wildman–Crippen MR) is 315 cm³/mol. The highest BCUT2D eigenvalue weighted by atomic mass is 31.3. The number of aromatic amines is 3. The fourth-order valence-corrected chi connectivity index (χ4v) is 16.5. The van der Waals surface area contributed by atoms with Gasteiger partial charge in [-0.3, -0.25) is 69.8 Å². The van der Waals surface area contributed by atoms with Crippen molar-refractivity contribution >= 4 is 107 Å². The van der Waals surface area contributed by atoms with Gasteiger partial charge in [0, 0.05) is 7.11 Å². The number of aliphatic hydroxyl groups excluding tert-OH is 5. The summed E-state index contributed by atoms with van der Waals surface area (Å²) >= 11 is 0. The minimum atomic E-state index is -6.60. The fourth-order valence-electron chi connectivity index (χ4n) is 11.2.